The van der Waals surface area contributed by atoms with Crippen LogP contribution in [-0.2, 0) is 0 Å². The van der Waals surface area contributed by atoms with Crippen LogP contribution in [0.4, 0.5) is 15.9 Å². The van der Waals surface area contributed by atoms with Gasteiger partial charge in [-0.2, -0.15) is 4.39 Å². The molecule has 0 atom stereocenters. The highest BCUT2D eigenvalue weighted by atomic mass is 35.5. The predicted molar refractivity (Wildman–Crippen MR) is 63.3 cm³/mol. The molecule has 0 fully saturated rings. The number of nitrogens with one attached hydrogen (secondary N) is 1. The van der Waals surface area contributed by atoms with E-state index in [9.17, 15) is 4.39 Å². The number of benzene rings is 1. The summed E-state index contributed by atoms with van der Waals surface area (Å²) < 4.78 is 17.9. The van der Waals surface area contributed by atoms with Crippen LogP contribution in [-0.4, -0.2) is 17.1 Å². The van der Waals surface area contributed by atoms with Gasteiger partial charge in [0, 0.05) is 11.8 Å². The summed E-state index contributed by atoms with van der Waals surface area (Å²) >= 11 is 5.96. The molecule has 4 nitrogen and oxygen atoms in total. The quantitative estimate of drug-likeness (QED) is 0.854. The second kappa shape index (κ2) is 4.97. The van der Waals surface area contributed by atoms with Gasteiger partial charge in [-0.05, 0) is 18.2 Å². The first kappa shape index (κ1) is 11.6. The van der Waals surface area contributed by atoms with Crippen molar-refractivity contribution in [1.29, 1.82) is 0 Å². The molecule has 0 spiro atoms. The van der Waals surface area contributed by atoms with Crippen molar-refractivity contribution < 1.29 is 9.13 Å². The van der Waals surface area contributed by atoms with E-state index in [0.717, 1.165) is 6.33 Å². The molecule has 0 saturated heterocycles. The third-order valence-corrected chi connectivity index (χ3v) is 2.35. The standard InChI is InChI=1S/C11H9ClFN3O/c1-17-9-3-2-7(4-8(9)12)16-11-5-10(13)14-6-15-11/h2-6H,1H3,(H,14,15,16). The Hall–Kier alpha value is -1.88. The summed E-state index contributed by atoms with van der Waals surface area (Å²) in [6, 6.07) is 6.32. The Kier molecular flexibility index (Phi) is 3.39. The molecule has 0 aliphatic carbocycles. The second-order valence-corrected chi connectivity index (χ2v) is 3.61. The van der Waals surface area contributed by atoms with Crippen molar-refractivity contribution in [2.24, 2.45) is 0 Å². The van der Waals surface area contributed by atoms with Crippen LogP contribution < -0.4 is 10.1 Å². The largest absolute Gasteiger partial charge is 0.495 e. The highest BCUT2D eigenvalue weighted by Gasteiger charge is 2.03. The topological polar surface area (TPSA) is 47.0 Å². The third-order valence-electron chi connectivity index (χ3n) is 2.06. The first-order chi connectivity index (χ1) is 8.19. The van der Waals surface area contributed by atoms with E-state index in [1.165, 1.54) is 13.2 Å². The molecule has 88 valence electrons. The van der Waals surface area contributed by atoms with Crippen LogP contribution in [0.1, 0.15) is 0 Å². The predicted octanol–water partition coefficient (Wildman–Crippen LogP) is 3.02. The van der Waals surface area contributed by atoms with Gasteiger partial charge in [-0.3, -0.25) is 0 Å². The molecule has 17 heavy (non-hydrogen) atoms. The van der Waals surface area contributed by atoms with Gasteiger partial charge in [-0.25, -0.2) is 9.97 Å². The maximum absolute atomic E-state index is 12.8. The zero-order valence-corrected chi connectivity index (χ0v) is 9.70. The molecule has 1 aromatic heterocycles. The van der Waals surface area contributed by atoms with Gasteiger partial charge >= 0.3 is 0 Å². The van der Waals surface area contributed by atoms with Crippen molar-refractivity contribution in [2.75, 3.05) is 12.4 Å². The van der Waals surface area contributed by atoms with Crippen molar-refractivity contribution in [3.63, 3.8) is 0 Å². The lowest BCUT2D eigenvalue weighted by Crippen LogP contribution is -1.96. The normalized spacial score (nSPS) is 10.1. The number of methoxy groups -OCH3 is 1. The number of hydrogen-bond donors (Lipinski definition) is 1. The fourth-order valence-electron chi connectivity index (χ4n) is 1.29. The molecule has 0 amide bonds. The lowest BCUT2D eigenvalue weighted by Gasteiger charge is -2.07. The highest BCUT2D eigenvalue weighted by molar-refractivity contribution is 6.32. The molecule has 1 heterocycles. The van der Waals surface area contributed by atoms with E-state index in [0.29, 0.717) is 22.3 Å². The van der Waals surface area contributed by atoms with Crippen LogP contribution in [0.5, 0.6) is 5.75 Å². The molecule has 0 aliphatic rings. The van der Waals surface area contributed by atoms with Crippen LogP contribution in [0.15, 0.2) is 30.6 Å². The summed E-state index contributed by atoms with van der Waals surface area (Å²) in [5, 5.41) is 3.37. The molecule has 1 N–H and O–H groups in total. The van der Waals surface area contributed by atoms with Crippen molar-refractivity contribution in [3.8, 4) is 5.75 Å². The molecule has 2 aromatic rings. The zero-order chi connectivity index (χ0) is 12.3. The number of ether oxygens (including phenoxy) is 1. The van der Waals surface area contributed by atoms with E-state index < -0.39 is 5.95 Å². The van der Waals surface area contributed by atoms with Crippen LogP contribution in [0.3, 0.4) is 0 Å². The summed E-state index contributed by atoms with van der Waals surface area (Å²) in [6.45, 7) is 0. The summed E-state index contributed by atoms with van der Waals surface area (Å²) in [7, 11) is 1.54. The Morgan fingerprint density at radius 1 is 1.29 bits per heavy atom. The van der Waals surface area contributed by atoms with Gasteiger partial charge in [0.05, 0.1) is 12.1 Å². The van der Waals surface area contributed by atoms with Gasteiger partial charge in [0.1, 0.15) is 17.9 Å². The number of hydrogen-bond acceptors (Lipinski definition) is 4. The smallest absolute Gasteiger partial charge is 0.218 e. The van der Waals surface area contributed by atoms with Gasteiger partial charge < -0.3 is 10.1 Å². The Balaban J connectivity index is 2.22. The first-order valence-corrected chi connectivity index (χ1v) is 5.15. The molecule has 0 unspecified atom stereocenters. The van der Waals surface area contributed by atoms with E-state index in [-0.39, 0.29) is 0 Å². The minimum atomic E-state index is -0.595. The monoisotopic (exact) mass is 253 g/mol. The number of halogens is 2. The highest BCUT2D eigenvalue weighted by Crippen LogP contribution is 2.28. The van der Waals surface area contributed by atoms with Crippen LogP contribution in [0.2, 0.25) is 5.02 Å². The van der Waals surface area contributed by atoms with Gasteiger partial charge in [-0.15, -0.1) is 0 Å². The number of aromatic nitrogens is 2. The van der Waals surface area contributed by atoms with Gasteiger partial charge in [0.25, 0.3) is 0 Å². The van der Waals surface area contributed by atoms with Crippen molar-refractivity contribution in [3.05, 3.63) is 41.6 Å². The molecule has 2 rings (SSSR count). The molecule has 0 saturated carbocycles. The Labute approximate surface area is 102 Å². The number of nitrogens with zero attached hydrogens (tertiary/aromatic N) is 2. The minimum absolute atomic E-state index is 0.360. The minimum Gasteiger partial charge on any atom is -0.495 e. The van der Waals surface area contributed by atoms with E-state index in [1.54, 1.807) is 18.2 Å². The van der Waals surface area contributed by atoms with Crippen molar-refractivity contribution in [2.45, 2.75) is 0 Å². The fraction of sp³-hybridized carbons (Fsp3) is 0.0909. The summed E-state index contributed by atoms with van der Waals surface area (Å²) in [5.74, 6) is 0.340. The van der Waals surface area contributed by atoms with Crippen LogP contribution in [0, 0.1) is 5.95 Å². The average molecular weight is 254 g/mol. The Morgan fingerprint density at radius 3 is 2.76 bits per heavy atom. The number of anilines is 2. The number of rotatable bonds is 3. The fourth-order valence-corrected chi connectivity index (χ4v) is 1.55. The summed E-state index contributed by atoms with van der Waals surface area (Å²) in [6.07, 6.45) is 1.14. The molecule has 0 aliphatic heterocycles. The van der Waals surface area contributed by atoms with Crippen molar-refractivity contribution >= 4 is 23.1 Å². The SMILES string of the molecule is COc1ccc(Nc2cc(F)ncn2)cc1Cl. The first-order valence-electron chi connectivity index (χ1n) is 4.77. The molecular weight excluding hydrogens is 245 g/mol. The van der Waals surface area contributed by atoms with Gasteiger partial charge in [0.15, 0.2) is 0 Å². The Morgan fingerprint density at radius 2 is 2.12 bits per heavy atom. The van der Waals surface area contributed by atoms with E-state index >= 15 is 0 Å². The lowest BCUT2D eigenvalue weighted by atomic mass is 10.3. The molecule has 1 aromatic carbocycles. The molecular formula is C11H9ClFN3O. The van der Waals surface area contributed by atoms with Gasteiger partial charge in [0.2, 0.25) is 5.95 Å². The average Bonchev–Trinajstić information content (AvgIpc) is 2.29. The molecule has 6 heteroatoms. The lowest BCUT2D eigenvalue weighted by molar-refractivity contribution is 0.415. The van der Waals surface area contributed by atoms with Crippen LogP contribution in [0.25, 0.3) is 0 Å². The van der Waals surface area contributed by atoms with E-state index in [4.69, 9.17) is 16.3 Å². The molecule has 0 radical (unpaired) electrons. The van der Waals surface area contributed by atoms with Crippen LogP contribution >= 0.6 is 11.6 Å². The maximum atomic E-state index is 12.8. The van der Waals surface area contributed by atoms with E-state index in [2.05, 4.69) is 15.3 Å². The zero-order valence-electron chi connectivity index (χ0n) is 8.95. The second-order valence-electron chi connectivity index (χ2n) is 3.20. The third kappa shape index (κ3) is 2.82. The Bertz CT molecular complexity index is 536. The van der Waals surface area contributed by atoms with Crippen molar-refractivity contribution in [1.82, 2.24) is 9.97 Å². The molecule has 0 bridgehead atoms. The van der Waals surface area contributed by atoms with E-state index in [1.807, 2.05) is 0 Å². The summed E-state index contributed by atoms with van der Waals surface area (Å²) in [4.78, 5) is 7.23. The maximum Gasteiger partial charge on any atom is 0.218 e. The summed E-state index contributed by atoms with van der Waals surface area (Å²) in [5.41, 5.74) is 0.689. The van der Waals surface area contributed by atoms with Gasteiger partial charge in [-0.1, -0.05) is 11.6 Å².